The highest BCUT2D eigenvalue weighted by Gasteiger charge is 2.12. The third-order valence-electron chi connectivity index (χ3n) is 5.07. The van der Waals surface area contributed by atoms with Crippen LogP contribution in [0.1, 0.15) is 0 Å². The van der Waals surface area contributed by atoms with Crippen molar-refractivity contribution in [2.24, 2.45) is 0 Å². The lowest BCUT2D eigenvalue weighted by molar-refractivity contribution is 0.215. The summed E-state index contributed by atoms with van der Waals surface area (Å²) in [6.07, 6.45) is -0.645. The molecule has 1 amide bonds. The van der Waals surface area contributed by atoms with Crippen LogP contribution in [0.3, 0.4) is 0 Å². The van der Waals surface area contributed by atoms with Crippen LogP contribution in [-0.4, -0.2) is 11.1 Å². The maximum absolute atomic E-state index is 12.4. The van der Waals surface area contributed by atoms with Gasteiger partial charge in [0.25, 0.3) is 0 Å². The van der Waals surface area contributed by atoms with Crippen LogP contribution in [0.5, 0.6) is 5.75 Å². The number of aromatic nitrogens is 1. The van der Waals surface area contributed by atoms with E-state index in [0.29, 0.717) is 27.8 Å². The fraction of sp³-hybridized carbons (Fsp3) is 0. The Morgan fingerprint density at radius 2 is 1.52 bits per heavy atom. The molecule has 0 atom stereocenters. The van der Waals surface area contributed by atoms with Crippen molar-refractivity contribution >= 4 is 62.2 Å². The number of nitrogens with zero attached hydrogens (tertiary/aromatic N) is 1. The maximum atomic E-state index is 12.4. The number of fused-ring (bicyclic) bond motifs is 2. The number of hydrogen-bond acceptors (Lipinski definition) is 5. The summed E-state index contributed by atoms with van der Waals surface area (Å²) >= 11 is 5.97. The summed E-state index contributed by atoms with van der Waals surface area (Å²) in [6.45, 7) is 0. The Kier molecular flexibility index (Phi) is 5.42. The molecule has 162 valence electrons. The van der Waals surface area contributed by atoms with Gasteiger partial charge in [0.15, 0.2) is 0 Å². The Morgan fingerprint density at radius 1 is 0.818 bits per heavy atom. The summed E-state index contributed by atoms with van der Waals surface area (Å²) in [5.74, 6) is 0.305. The molecule has 7 heteroatoms. The molecule has 0 saturated heterocycles. The molecule has 0 unspecified atom stereocenters. The second-order valence-electron chi connectivity index (χ2n) is 7.46. The number of para-hydroxylation sites is 2. The number of rotatable bonds is 4. The normalized spacial score (nSPS) is 10.8. The van der Waals surface area contributed by atoms with Gasteiger partial charge in [-0.25, -0.2) is 9.78 Å². The van der Waals surface area contributed by atoms with Gasteiger partial charge in [-0.1, -0.05) is 54.1 Å². The number of ether oxygens (including phenoxy) is 1. The number of nitrogens with one attached hydrogen (secondary N) is 2. The maximum Gasteiger partial charge on any atom is 0.417 e. The van der Waals surface area contributed by atoms with Gasteiger partial charge in [0.1, 0.15) is 5.75 Å². The van der Waals surface area contributed by atoms with Crippen LogP contribution in [0.25, 0.3) is 21.8 Å². The van der Waals surface area contributed by atoms with Gasteiger partial charge in [-0.15, -0.1) is 0 Å². The number of halogens is 1. The van der Waals surface area contributed by atoms with E-state index in [1.165, 1.54) is 0 Å². The Labute approximate surface area is 195 Å². The zero-order chi connectivity index (χ0) is 22.8. The first-order chi connectivity index (χ1) is 16.0. The van der Waals surface area contributed by atoms with Crippen molar-refractivity contribution in [1.29, 1.82) is 0 Å². The average Bonchev–Trinajstić information content (AvgIpc) is 2.78. The van der Waals surface area contributed by atoms with Crippen LogP contribution >= 0.6 is 11.6 Å². The van der Waals surface area contributed by atoms with E-state index < -0.39 is 6.09 Å². The first kappa shape index (κ1) is 20.6. The summed E-state index contributed by atoms with van der Waals surface area (Å²) in [5, 5.41) is 8.56. The lowest BCUT2D eigenvalue weighted by atomic mass is 10.1. The first-order valence-corrected chi connectivity index (χ1v) is 10.6. The van der Waals surface area contributed by atoms with Crippen molar-refractivity contribution in [3.8, 4) is 5.75 Å². The van der Waals surface area contributed by atoms with E-state index in [2.05, 4.69) is 10.6 Å². The quantitative estimate of drug-likeness (QED) is 0.201. The molecular weight excluding hydrogens is 436 g/mol. The van der Waals surface area contributed by atoms with Crippen LogP contribution in [0.15, 0.2) is 91.0 Å². The molecule has 0 aliphatic rings. The van der Waals surface area contributed by atoms with Crippen molar-refractivity contribution in [3.05, 3.63) is 96.0 Å². The Hall–Kier alpha value is -4.29. The summed E-state index contributed by atoms with van der Waals surface area (Å²) in [7, 11) is 0. The number of anilines is 4. The van der Waals surface area contributed by atoms with E-state index in [1.54, 1.807) is 42.5 Å². The summed E-state index contributed by atoms with van der Waals surface area (Å²) in [6, 6.07) is 27.7. The third-order valence-corrected chi connectivity index (χ3v) is 5.30. The number of hydrogen-bond donors (Lipinski definition) is 3. The van der Waals surface area contributed by atoms with Crippen LogP contribution in [0.2, 0.25) is 5.02 Å². The second-order valence-corrected chi connectivity index (χ2v) is 7.90. The van der Waals surface area contributed by atoms with Crippen LogP contribution in [-0.2, 0) is 0 Å². The predicted octanol–water partition coefficient (Wildman–Crippen LogP) is 6.98. The SMILES string of the molecule is Nc1cc(Nc2c3ccccc3nc3ccccc23)cc(OC(=O)Nc2cccc(Cl)c2)c1. The lowest BCUT2D eigenvalue weighted by Gasteiger charge is -2.15. The predicted molar refractivity (Wildman–Crippen MR) is 134 cm³/mol. The molecule has 0 radical (unpaired) electrons. The van der Waals surface area contributed by atoms with Crippen LogP contribution in [0.4, 0.5) is 27.5 Å². The number of carbonyl (C=O) groups is 1. The topological polar surface area (TPSA) is 89.3 Å². The first-order valence-electron chi connectivity index (χ1n) is 10.2. The van der Waals surface area contributed by atoms with Gasteiger partial charge in [-0.05, 0) is 36.4 Å². The van der Waals surface area contributed by atoms with Gasteiger partial charge in [-0.3, -0.25) is 5.32 Å². The number of benzene rings is 4. The van der Waals surface area contributed by atoms with E-state index >= 15 is 0 Å². The molecule has 0 fully saturated rings. The van der Waals surface area contributed by atoms with Gasteiger partial charge in [0.05, 0.1) is 16.7 Å². The molecule has 4 aromatic carbocycles. The molecule has 0 aliphatic heterocycles. The zero-order valence-electron chi connectivity index (χ0n) is 17.4. The summed E-state index contributed by atoms with van der Waals surface area (Å²) < 4.78 is 5.47. The number of carbonyl (C=O) groups excluding carboxylic acids is 1. The van der Waals surface area contributed by atoms with Crippen molar-refractivity contribution < 1.29 is 9.53 Å². The van der Waals surface area contributed by atoms with Gasteiger partial charge in [-0.2, -0.15) is 0 Å². The largest absolute Gasteiger partial charge is 0.417 e. The molecule has 0 spiro atoms. The summed E-state index contributed by atoms with van der Waals surface area (Å²) in [4.78, 5) is 17.1. The lowest BCUT2D eigenvalue weighted by Crippen LogP contribution is -2.16. The molecule has 1 heterocycles. The molecule has 1 aromatic heterocycles. The second kappa shape index (κ2) is 8.68. The molecule has 6 nitrogen and oxygen atoms in total. The number of pyridine rings is 1. The number of nitrogens with two attached hydrogens (primary N) is 1. The molecule has 5 rings (SSSR count). The van der Waals surface area contributed by atoms with E-state index in [0.717, 1.165) is 27.5 Å². The van der Waals surface area contributed by atoms with Crippen molar-refractivity contribution in [1.82, 2.24) is 4.98 Å². The molecule has 0 aliphatic carbocycles. The van der Waals surface area contributed by atoms with Crippen molar-refractivity contribution in [3.63, 3.8) is 0 Å². The Morgan fingerprint density at radius 3 is 2.21 bits per heavy atom. The molecule has 4 N–H and O–H groups in total. The molecular formula is C26H19ClN4O2. The van der Waals surface area contributed by atoms with E-state index in [1.807, 2.05) is 48.5 Å². The standard InChI is InChI=1S/C26H19ClN4O2/c27-16-6-5-7-18(12-16)30-26(32)33-20-14-17(28)13-19(15-20)29-25-21-8-1-3-10-23(21)31-24-11-4-2-9-22(24)25/h1-15H,28H2,(H,29,31)(H,30,32). The Bertz CT molecular complexity index is 1450. The molecule has 5 aromatic rings. The number of amides is 1. The highest BCUT2D eigenvalue weighted by molar-refractivity contribution is 6.30. The minimum absolute atomic E-state index is 0.305. The van der Waals surface area contributed by atoms with E-state index in [-0.39, 0.29) is 0 Å². The van der Waals surface area contributed by atoms with Gasteiger partial charge >= 0.3 is 6.09 Å². The highest BCUT2D eigenvalue weighted by atomic mass is 35.5. The fourth-order valence-electron chi connectivity index (χ4n) is 3.69. The minimum Gasteiger partial charge on any atom is -0.410 e. The minimum atomic E-state index is -0.645. The van der Waals surface area contributed by atoms with Crippen LogP contribution < -0.4 is 21.1 Å². The number of nitrogen functional groups attached to an aromatic ring is 1. The van der Waals surface area contributed by atoms with Crippen molar-refractivity contribution in [2.75, 3.05) is 16.4 Å². The van der Waals surface area contributed by atoms with E-state index in [9.17, 15) is 4.79 Å². The Balaban J connectivity index is 1.46. The monoisotopic (exact) mass is 454 g/mol. The van der Waals surface area contributed by atoms with Gasteiger partial charge in [0.2, 0.25) is 0 Å². The highest BCUT2D eigenvalue weighted by Crippen LogP contribution is 2.34. The fourth-order valence-corrected chi connectivity index (χ4v) is 3.88. The third kappa shape index (κ3) is 4.51. The molecule has 0 bridgehead atoms. The van der Waals surface area contributed by atoms with E-state index in [4.69, 9.17) is 27.1 Å². The van der Waals surface area contributed by atoms with Gasteiger partial charge in [0, 0.05) is 45.0 Å². The van der Waals surface area contributed by atoms with Crippen LogP contribution in [0, 0.1) is 0 Å². The smallest absolute Gasteiger partial charge is 0.410 e. The average molecular weight is 455 g/mol. The zero-order valence-corrected chi connectivity index (χ0v) is 18.1. The molecule has 0 saturated carbocycles. The summed E-state index contributed by atoms with van der Waals surface area (Å²) in [5.41, 5.74) is 10.4. The van der Waals surface area contributed by atoms with Crippen molar-refractivity contribution in [2.45, 2.75) is 0 Å². The van der Waals surface area contributed by atoms with Gasteiger partial charge < -0.3 is 15.8 Å². The molecule has 33 heavy (non-hydrogen) atoms.